The van der Waals surface area contributed by atoms with Gasteiger partial charge in [-0.2, -0.15) is 0 Å². The second kappa shape index (κ2) is 7.29. The van der Waals surface area contributed by atoms with Gasteiger partial charge in [-0.1, -0.05) is 29.3 Å². The van der Waals surface area contributed by atoms with Crippen LogP contribution in [0.1, 0.15) is 22.8 Å². The average molecular weight is 325 g/mol. The summed E-state index contributed by atoms with van der Waals surface area (Å²) in [7, 11) is 0. The second-order valence-electron chi connectivity index (χ2n) is 4.25. The second-order valence-corrected chi connectivity index (χ2v) is 5.06. The predicted octanol–water partition coefficient (Wildman–Crippen LogP) is 3.72. The third-order valence-electron chi connectivity index (χ3n) is 2.73. The van der Waals surface area contributed by atoms with E-state index in [-0.39, 0.29) is 5.91 Å². The van der Waals surface area contributed by atoms with Crippen molar-refractivity contribution in [3.8, 4) is 5.75 Å². The van der Waals surface area contributed by atoms with E-state index in [1.165, 1.54) is 12.1 Å². The van der Waals surface area contributed by atoms with Crippen molar-refractivity contribution < 1.29 is 9.53 Å². The van der Waals surface area contributed by atoms with Crippen LogP contribution in [-0.2, 0) is 6.54 Å². The lowest BCUT2D eigenvalue weighted by Crippen LogP contribution is -2.22. The fourth-order valence-electron chi connectivity index (χ4n) is 1.76. The number of nitrogens with one attached hydrogen (secondary N) is 1. The molecule has 0 unspecified atom stereocenters. The number of hydrogen-bond acceptors (Lipinski definition) is 3. The standard InChI is InChI=1S/C15H14Cl2N2O2/c1-2-21-14-12(16)6-11(7-13(14)17)15(20)19-9-10-4-3-5-18-8-10/h3-8H,2,9H2,1H3,(H,19,20). The largest absolute Gasteiger partial charge is 0.491 e. The number of carbonyl (C=O) groups is 1. The van der Waals surface area contributed by atoms with Crippen LogP contribution in [0.25, 0.3) is 0 Å². The van der Waals surface area contributed by atoms with Crippen molar-refractivity contribution in [2.24, 2.45) is 0 Å². The molecular formula is C15H14Cl2N2O2. The summed E-state index contributed by atoms with van der Waals surface area (Å²) in [6.07, 6.45) is 3.37. The summed E-state index contributed by atoms with van der Waals surface area (Å²) in [6, 6.07) is 6.77. The minimum absolute atomic E-state index is 0.259. The molecule has 1 N–H and O–H groups in total. The summed E-state index contributed by atoms with van der Waals surface area (Å²) in [5.74, 6) is 0.135. The molecule has 1 amide bonds. The topological polar surface area (TPSA) is 51.2 Å². The Balaban J connectivity index is 2.09. The molecule has 0 fully saturated rings. The molecule has 21 heavy (non-hydrogen) atoms. The summed E-state index contributed by atoms with van der Waals surface area (Å²) in [4.78, 5) is 16.1. The van der Waals surface area contributed by atoms with Crippen LogP contribution in [0.5, 0.6) is 5.75 Å². The van der Waals surface area contributed by atoms with Gasteiger partial charge in [-0.15, -0.1) is 0 Å². The van der Waals surface area contributed by atoms with Crippen molar-refractivity contribution >= 4 is 29.1 Å². The molecule has 0 spiro atoms. The minimum Gasteiger partial charge on any atom is -0.491 e. The first-order valence-corrected chi connectivity index (χ1v) is 7.16. The van der Waals surface area contributed by atoms with E-state index >= 15 is 0 Å². The Labute approximate surface area is 133 Å². The van der Waals surface area contributed by atoms with Crippen molar-refractivity contribution in [2.45, 2.75) is 13.5 Å². The van der Waals surface area contributed by atoms with Gasteiger partial charge in [0.1, 0.15) is 0 Å². The number of halogens is 2. The van der Waals surface area contributed by atoms with Gasteiger partial charge in [0.05, 0.1) is 16.7 Å². The van der Waals surface area contributed by atoms with Crippen molar-refractivity contribution in [1.82, 2.24) is 10.3 Å². The van der Waals surface area contributed by atoms with Gasteiger partial charge >= 0.3 is 0 Å². The van der Waals surface area contributed by atoms with Gasteiger partial charge in [-0.25, -0.2) is 0 Å². The maximum Gasteiger partial charge on any atom is 0.251 e. The van der Waals surface area contributed by atoms with Gasteiger partial charge in [0.25, 0.3) is 5.91 Å². The van der Waals surface area contributed by atoms with Crippen LogP contribution in [0.2, 0.25) is 10.0 Å². The summed E-state index contributed by atoms with van der Waals surface area (Å²) >= 11 is 12.2. The quantitative estimate of drug-likeness (QED) is 0.911. The Hall–Kier alpha value is -1.78. The van der Waals surface area contributed by atoms with Gasteiger partial charge in [0, 0.05) is 24.5 Å². The Kier molecular flexibility index (Phi) is 5.42. The van der Waals surface area contributed by atoms with E-state index in [1.54, 1.807) is 12.4 Å². The van der Waals surface area contributed by atoms with Gasteiger partial charge in [0.15, 0.2) is 5.75 Å². The van der Waals surface area contributed by atoms with Crippen LogP contribution in [0.3, 0.4) is 0 Å². The van der Waals surface area contributed by atoms with Crippen LogP contribution >= 0.6 is 23.2 Å². The van der Waals surface area contributed by atoms with E-state index in [9.17, 15) is 4.79 Å². The number of aromatic nitrogens is 1. The zero-order valence-electron chi connectivity index (χ0n) is 11.4. The number of hydrogen-bond donors (Lipinski definition) is 1. The Morgan fingerprint density at radius 3 is 2.62 bits per heavy atom. The van der Waals surface area contributed by atoms with Crippen LogP contribution < -0.4 is 10.1 Å². The molecule has 1 aromatic heterocycles. The highest BCUT2D eigenvalue weighted by Crippen LogP contribution is 2.34. The fraction of sp³-hybridized carbons (Fsp3) is 0.200. The zero-order chi connectivity index (χ0) is 15.2. The van der Waals surface area contributed by atoms with Gasteiger partial charge in [0.2, 0.25) is 0 Å². The number of rotatable bonds is 5. The highest BCUT2D eigenvalue weighted by molar-refractivity contribution is 6.37. The lowest BCUT2D eigenvalue weighted by Gasteiger charge is -2.10. The van der Waals surface area contributed by atoms with Crippen molar-refractivity contribution in [1.29, 1.82) is 0 Å². The molecule has 2 aromatic rings. The zero-order valence-corrected chi connectivity index (χ0v) is 12.9. The lowest BCUT2D eigenvalue weighted by atomic mass is 10.2. The van der Waals surface area contributed by atoms with E-state index in [1.807, 2.05) is 19.1 Å². The summed E-state index contributed by atoms with van der Waals surface area (Å²) in [5.41, 5.74) is 1.30. The van der Waals surface area contributed by atoms with Crippen molar-refractivity contribution in [2.75, 3.05) is 6.61 Å². The minimum atomic E-state index is -0.259. The number of nitrogens with zero attached hydrogens (tertiary/aromatic N) is 1. The van der Waals surface area contributed by atoms with Crippen molar-refractivity contribution in [3.05, 3.63) is 57.8 Å². The molecule has 2 rings (SSSR count). The third kappa shape index (κ3) is 4.09. The Bertz CT molecular complexity index is 610. The monoisotopic (exact) mass is 324 g/mol. The molecule has 110 valence electrons. The SMILES string of the molecule is CCOc1c(Cl)cc(C(=O)NCc2cccnc2)cc1Cl. The molecule has 4 nitrogen and oxygen atoms in total. The maximum absolute atomic E-state index is 12.1. The molecule has 0 aliphatic carbocycles. The van der Waals surface area contributed by atoms with Gasteiger partial charge in [-0.3, -0.25) is 9.78 Å². The number of benzene rings is 1. The van der Waals surface area contributed by atoms with E-state index in [2.05, 4.69) is 10.3 Å². The van der Waals surface area contributed by atoms with Crippen molar-refractivity contribution in [3.63, 3.8) is 0 Å². The summed E-state index contributed by atoms with van der Waals surface area (Å²) in [5, 5.41) is 3.42. The van der Waals surface area contributed by atoms with Crippen LogP contribution in [0.4, 0.5) is 0 Å². The molecule has 0 saturated carbocycles. The number of carbonyl (C=O) groups excluding carboxylic acids is 1. The van der Waals surface area contributed by atoms with E-state index < -0.39 is 0 Å². The summed E-state index contributed by atoms with van der Waals surface area (Å²) in [6.45, 7) is 2.67. The van der Waals surface area contributed by atoms with E-state index in [0.29, 0.717) is 34.5 Å². The van der Waals surface area contributed by atoms with Crippen LogP contribution in [0, 0.1) is 0 Å². The molecule has 0 bridgehead atoms. The molecule has 0 atom stereocenters. The molecule has 0 aliphatic heterocycles. The first-order valence-electron chi connectivity index (χ1n) is 6.40. The number of ether oxygens (including phenoxy) is 1. The van der Waals surface area contributed by atoms with Crippen LogP contribution in [0.15, 0.2) is 36.7 Å². The normalized spacial score (nSPS) is 10.2. The molecule has 0 radical (unpaired) electrons. The van der Waals surface area contributed by atoms with E-state index in [4.69, 9.17) is 27.9 Å². The van der Waals surface area contributed by atoms with Gasteiger partial charge < -0.3 is 10.1 Å². The average Bonchev–Trinajstić information content (AvgIpc) is 2.49. The predicted molar refractivity (Wildman–Crippen MR) is 83.0 cm³/mol. The first kappa shape index (κ1) is 15.6. The highest BCUT2D eigenvalue weighted by atomic mass is 35.5. The number of pyridine rings is 1. The third-order valence-corrected chi connectivity index (χ3v) is 3.29. The number of amides is 1. The van der Waals surface area contributed by atoms with Crippen LogP contribution in [-0.4, -0.2) is 17.5 Å². The van der Waals surface area contributed by atoms with Gasteiger partial charge in [-0.05, 0) is 30.7 Å². The molecule has 1 heterocycles. The molecule has 1 aromatic carbocycles. The smallest absolute Gasteiger partial charge is 0.251 e. The highest BCUT2D eigenvalue weighted by Gasteiger charge is 2.13. The Morgan fingerprint density at radius 2 is 2.05 bits per heavy atom. The lowest BCUT2D eigenvalue weighted by molar-refractivity contribution is 0.0951. The maximum atomic E-state index is 12.1. The molecule has 0 saturated heterocycles. The molecule has 0 aliphatic rings. The Morgan fingerprint density at radius 1 is 1.33 bits per heavy atom. The molecular weight excluding hydrogens is 311 g/mol. The summed E-state index contributed by atoms with van der Waals surface area (Å²) < 4.78 is 5.33. The first-order chi connectivity index (χ1) is 10.1. The fourth-order valence-corrected chi connectivity index (χ4v) is 2.36. The van der Waals surface area contributed by atoms with E-state index in [0.717, 1.165) is 5.56 Å². The molecule has 6 heteroatoms.